The summed E-state index contributed by atoms with van der Waals surface area (Å²) in [6.07, 6.45) is 1.13. The van der Waals surface area contributed by atoms with Crippen LogP contribution in [-0.2, 0) is 11.3 Å². The Labute approximate surface area is 134 Å². The summed E-state index contributed by atoms with van der Waals surface area (Å²) in [5, 5.41) is 13.4. The van der Waals surface area contributed by atoms with Gasteiger partial charge in [0.15, 0.2) is 0 Å². The maximum Gasteiger partial charge on any atom is 0.123 e. The van der Waals surface area contributed by atoms with Gasteiger partial charge in [-0.05, 0) is 66.7 Å². The quantitative estimate of drug-likeness (QED) is 0.577. The summed E-state index contributed by atoms with van der Waals surface area (Å²) in [5.74, 6) is 0.422. The van der Waals surface area contributed by atoms with Crippen molar-refractivity contribution >= 4 is 22.6 Å². The molecule has 0 spiro atoms. The van der Waals surface area contributed by atoms with Gasteiger partial charge in [-0.3, -0.25) is 4.90 Å². The fraction of sp³-hybridized carbons (Fsp3) is 0.600. The number of phenolic OH excluding ortho intramolecular Hbond substituents is 1. The number of benzene rings is 1. The SMILES string of the molecule is Cc1cc(I)cc(CNCCCN2CCOCC2)c1O. The Balaban J connectivity index is 1.68. The monoisotopic (exact) mass is 390 g/mol. The number of nitrogens with zero attached hydrogens (tertiary/aromatic N) is 1. The molecule has 0 saturated carbocycles. The number of nitrogens with one attached hydrogen (secondary N) is 1. The van der Waals surface area contributed by atoms with Crippen molar-refractivity contribution in [3.8, 4) is 5.75 Å². The maximum atomic E-state index is 10.0. The van der Waals surface area contributed by atoms with Crippen molar-refractivity contribution in [1.82, 2.24) is 10.2 Å². The Bertz CT molecular complexity index is 434. The van der Waals surface area contributed by atoms with Gasteiger partial charge >= 0.3 is 0 Å². The van der Waals surface area contributed by atoms with Gasteiger partial charge in [-0.1, -0.05) is 0 Å². The number of rotatable bonds is 6. The van der Waals surface area contributed by atoms with Crippen LogP contribution >= 0.6 is 22.6 Å². The molecule has 1 aromatic carbocycles. The number of hydrogen-bond donors (Lipinski definition) is 2. The summed E-state index contributed by atoms with van der Waals surface area (Å²) in [6.45, 7) is 8.60. The summed E-state index contributed by atoms with van der Waals surface area (Å²) >= 11 is 2.29. The molecule has 0 bridgehead atoms. The van der Waals surface area contributed by atoms with Gasteiger partial charge < -0.3 is 15.2 Å². The molecule has 1 saturated heterocycles. The average molecular weight is 390 g/mol. The van der Waals surface area contributed by atoms with Gasteiger partial charge in [0.05, 0.1) is 13.2 Å². The lowest BCUT2D eigenvalue weighted by molar-refractivity contribution is 0.0374. The fourth-order valence-corrected chi connectivity index (χ4v) is 3.26. The van der Waals surface area contributed by atoms with Crippen molar-refractivity contribution < 1.29 is 9.84 Å². The number of halogens is 1. The van der Waals surface area contributed by atoms with E-state index in [0.717, 1.165) is 63.5 Å². The van der Waals surface area contributed by atoms with Crippen LogP contribution in [0.5, 0.6) is 5.75 Å². The second-order valence-corrected chi connectivity index (χ2v) is 6.46. The third kappa shape index (κ3) is 4.87. The van der Waals surface area contributed by atoms with Crippen LogP contribution in [0.3, 0.4) is 0 Å². The van der Waals surface area contributed by atoms with E-state index < -0.39 is 0 Å². The van der Waals surface area contributed by atoms with E-state index in [1.54, 1.807) is 0 Å². The molecule has 0 unspecified atom stereocenters. The summed E-state index contributed by atoms with van der Waals surface area (Å²) in [6, 6.07) is 4.04. The molecule has 1 aromatic rings. The minimum Gasteiger partial charge on any atom is -0.507 e. The molecule has 5 heteroatoms. The van der Waals surface area contributed by atoms with Gasteiger partial charge in [-0.15, -0.1) is 0 Å². The van der Waals surface area contributed by atoms with E-state index in [9.17, 15) is 5.11 Å². The number of phenols is 1. The van der Waals surface area contributed by atoms with Gasteiger partial charge in [0.25, 0.3) is 0 Å². The first-order valence-corrected chi connectivity index (χ1v) is 8.23. The first-order chi connectivity index (χ1) is 9.66. The molecule has 0 aliphatic carbocycles. The smallest absolute Gasteiger partial charge is 0.123 e. The minimum atomic E-state index is 0.422. The highest BCUT2D eigenvalue weighted by molar-refractivity contribution is 14.1. The van der Waals surface area contributed by atoms with Crippen molar-refractivity contribution in [3.05, 3.63) is 26.8 Å². The van der Waals surface area contributed by atoms with E-state index in [1.807, 2.05) is 19.1 Å². The summed E-state index contributed by atoms with van der Waals surface area (Å²) < 4.78 is 6.50. The van der Waals surface area contributed by atoms with Crippen molar-refractivity contribution in [2.45, 2.75) is 19.9 Å². The zero-order valence-electron chi connectivity index (χ0n) is 12.0. The van der Waals surface area contributed by atoms with Crippen LogP contribution in [-0.4, -0.2) is 49.4 Å². The van der Waals surface area contributed by atoms with Crippen molar-refractivity contribution in [2.24, 2.45) is 0 Å². The highest BCUT2D eigenvalue weighted by Gasteiger charge is 2.09. The van der Waals surface area contributed by atoms with E-state index in [-0.39, 0.29) is 0 Å². The van der Waals surface area contributed by atoms with Crippen LogP contribution < -0.4 is 5.32 Å². The first kappa shape index (κ1) is 16.0. The Hall–Kier alpha value is -0.370. The minimum absolute atomic E-state index is 0.422. The molecule has 0 radical (unpaired) electrons. The molecule has 1 aliphatic heterocycles. The zero-order valence-corrected chi connectivity index (χ0v) is 14.1. The highest BCUT2D eigenvalue weighted by Crippen LogP contribution is 2.24. The molecule has 112 valence electrons. The molecule has 2 N–H and O–H groups in total. The van der Waals surface area contributed by atoms with Crippen LogP contribution in [0.2, 0.25) is 0 Å². The van der Waals surface area contributed by atoms with Gasteiger partial charge in [-0.2, -0.15) is 0 Å². The van der Waals surface area contributed by atoms with Gasteiger partial charge in [0.1, 0.15) is 5.75 Å². The predicted octanol–water partition coefficient (Wildman–Crippen LogP) is 2.12. The maximum absolute atomic E-state index is 10.0. The Morgan fingerprint density at radius 2 is 2.10 bits per heavy atom. The molecule has 0 amide bonds. The lowest BCUT2D eigenvalue weighted by atomic mass is 10.1. The van der Waals surface area contributed by atoms with Crippen LogP contribution in [0.15, 0.2) is 12.1 Å². The van der Waals surface area contributed by atoms with Crippen LogP contribution in [0.4, 0.5) is 0 Å². The van der Waals surface area contributed by atoms with Gasteiger partial charge in [-0.25, -0.2) is 0 Å². The van der Waals surface area contributed by atoms with E-state index >= 15 is 0 Å². The highest BCUT2D eigenvalue weighted by atomic mass is 127. The fourth-order valence-electron chi connectivity index (χ4n) is 2.42. The molecular weight excluding hydrogens is 367 g/mol. The lowest BCUT2D eigenvalue weighted by Crippen LogP contribution is -2.37. The molecule has 0 aromatic heterocycles. The predicted molar refractivity (Wildman–Crippen MR) is 89.1 cm³/mol. The van der Waals surface area contributed by atoms with E-state index in [1.165, 1.54) is 3.57 Å². The van der Waals surface area contributed by atoms with Crippen molar-refractivity contribution in [3.63, 3.8) is 0 Å². The van der Waals surface area contributed by atoms with Crippen LogP contribution in [0, 0.1) is 10.5 Å². The average Bonchev–Trinajstić information content (AvgIpc) is 2.44. The molecule has 1 heterocycles. The second kappa shape index (κ2) is 8.17. The molecule has 2 rings (SSSR count). The van der Waals surface area contributed by atoms with Crippen LogP contribution in [0.1, 0.15) is 17.5 Å². The number of aromatic hydroxyl groups is 1. The van der Waals surface area contributed by atoms with Gasteiger partial charge in [0.2, 0.25) is 0 Å². The van der Waals surface area contributed by atoms with Crippen LogP contribution in [0.25, 0.3) is 0 Å². The molecule has 0 atom stereocenters. The van der Waals surface area contributed by atoms with E-state index in [0.29, 0.717) is 5.75 Å². The largest absolute Gasteiger partial charge is 0.507 e. The second-order valence-electron chi connectivity index (χ2n) is 5.21. The molecule has 1 fully saturated rings. The van der Waals surface area contributed by atoms with Crippen molar-refractivity contribution in [2.75, 3.05) is 39.4 Å². The third-order valence-electron chi connectivity index (χ3n) is 3.59. The zero-order chi connectivity index (χ0) is 14.4. The Morgan fingerprint density at radius 1 is 1.35 bits per heavy atom. The van der Waals surface area contributed by atoms with Crippen molar-refractivity contribution in [1.29, 1.82) is 0 Å². The topological polar surface area (TPSA) is 44.7 Å². The molecule has 20 heavy (non-hydrogen) atoms. The molecule has 4 nitrogen and oxygen atoms in total. The number of ether oxygens (including phenoxy) is 1. The Morgan fingerprint density at radius 3 is 2.85 bits per heavy atom. The molecular formula is C15H23IN2O2. The van der Waals surface area contributed by atoms with E-state index in [2.05, 4.69) is 32.8 Å². The number of hydrogen-bond acceptors (Lipinski definition) is 4. The normalized spacial score (nSPS) is 16.5. The summed E-state index contributed by atoms with van der Waals surface area (Å²) in [5.41, 5.74) is 1.93. The molecule has 1 aliphatic rings. The standard InChI is InChI=1S/C15H23IN2O2/c1-12-9-14(16)10-13(15(12)19)11-17-3-2-4-18-5-7-20-8-6-18/h9-10,17,19H,2-8,11H2,1H3. The Kier molecular flexibility index (Phi) is 6.54. The first-order valence-electron chi connectivity index (χ1n) is 7.15. The number of morpholine rings is 1. The third-order valence-corrected chi connectivity index (χ3v) is 4.21. The van der Waals surface area contributed by atoms with Gasteiger partial charge in [0, 0.05) is 28.8 Å². The number of aryl methyl sites for hydroxylation is 1. The lowest BCUT2D eigenvalue weighted by Gasteiger charge is -2.26. The van der Waals surface area contributed by atoms with E-state index in [4.69, 9.17) is 4.74 Å². The summed E-state index contributed by atoms with van der Waals surface area (Å²) in [4.78, 5) is 2.44. The summed E-state index contributed by atoms with van der Waals surface area (Å²) in [7, 11) is 0.